The average Bonchev–Trinajstić information content (AvgIpc) is 3.52. The second kappa shape index (κ2) is 11.5. The molecule has 4 heterocycles. The molecular weight excluding hydrogens is 640 g/mol. The van der Waals surface area contributed by atoms with Gasteiger partial charge in [0.2, 0.25) is 0 Å². The Labute approximate surface area is 241 Å². The molecule has 12 nitrogen and oxygen atoms in total. The SMILES string of the molecule is COC[C@H](c1cnn2cc([C@]([Sn])(CCC(C)(C)C(F)(F)F)NC(=O)c3nonc3C)nc2c1)N1CCCNC1=O. The van der Waals surface area contributed by atoms with E-state index in [9.17, 15) is 22.8 Å². The van der Waals surface area contributed by atoms with Crippen LogP contribution in [-0.2, 0) is 8.29 Å². The van der Waals surface area contributed by atoms with E-state index in [4.69, 9.17) is 4.74 Å². The molecule has 3 aromatic heterocycles. The zero-order chi connectivity index (χ0) is 29.3. The van der Waals surface area contributed by atoms with Gasteiger partial charge in [0.05, 0.1) is 0 Å². The zero-order valence-electron chi connectivity index (χ0n) is 22.5. The van der Waals surface area contributed by atoms with Gasteiger partial charge in [-0.25, -0.2) is 0 Å². The first-order chi connectivity index (χ1) is 18.8. The molecule has 0 bridgehead atoms. The second-order valence-corrected chi connectivity index (χ2v) is 12.8. The first-order valence-electron chi connectivity index (χ1n) is 12.6. The van der Waals surface area contributed by atoms with Gasteiger partial charge in [-0.2, -0.15) is 0 Å². The summed E-state index contributed by atoms with van der Waals surface area (Å²) in [5.74, 6) is -0.637. The van der Waals surface area contributed by atoms with Gasteiger partial charge >= 0.3 is 242 Å². The van der Waals surface area contributed by atoms with Crippen LogP contribution in [0.4, 0.5) is 18.0 Å². The molecule has 0 aliphatic carbocycles. The molecule has 215 valence electrons. The van der Waals surface area contributed by atoms with Crippen LogP contribution in [0.25, 0.3) is 5.65 Å². The van der Waals surface area contributed by atoms with Crippen LogP contribution in [0.2, 0.25) is 0 Å². The fourth-order valence-corrected chi connectivity index (χ4v) is 5.36. The minimum absolute atomic E-state index is 0.0507. The van der Waals surface area contributed by atoms with Crippen molar-refractivity contribution in [1.82, 2.24) is 40.4 Å². The average molecular weight is 670 g/mol. The van der Waals surface area contributed by atoms with Crippen LogP contribution in [0.3, 0.4) is 0 Å². The van der Waals surface area contributed by atoms with Crippen LogP contribution >= 0.6 is 0 Å². The maximum absolute atomic E-state index is 13.7. The summed E-state index contributed by atoms with van der Waals surface area (Å²) in [6, 6.07) is 1.13. The molecular formula is C24H30F3N8O4Sn. The number of amides is 3. The van der Waals surface area contributed by atoms with Gasteiger partial charge < -0.3 is 0 Å². The Morgan fingerprint density at radius 1 is 1.30 bits per heavy atom. The number of hydrogen-bond donors (Lipinski definition) is 2. The van der Waals surface area contributed by atoms with Crippen molar-refractivity contribution in [2.24, 2.45) is 5.41 Å². The van der Waals surface area contributed by atoms with Crippen LogP contribution in [0, 0.1) is 12.3 Å². The molecule has 2 atom stereocenters. The van der Waals surface area contributed by atoms with Gasteiger partial charge in [-0.1, -0.05) is 0 Å². The maximum atomic E-state index is 13.7. The van der Waals surface area contributed by atoms with Crippen molar-refractivity contribution in [3.8, 4) is 0 Å². The number of carbonyl (C=O) groups excluding carboxylic acids is 2. The molecule has 1 aliphatic rings. The van der Waals surface area contributed by atoms with Gasteiger partial charge in [-0.15, -0.1) is 0 Å². The Kier molecular flexibility index (Phi) is 8.63. The first kappa shape index (κ1) is 30.0. The monoisotopic (exact) mass is 671 g/mol. The van der Waals surface area contributed by atoms with E-state index >= 15 is 0 Å². The Morgan fingerprint density at radius 2 is 2.05 bits per heavy atom. The summed E-state index contributed by atoms with van der Waals surface area (Å²) in [4.78, 5) is 32.0. The van der Waals surface area contributed by atoms with Gasteiger partial charge in [0.1, 0.15) is 0 Å². The number of alkyl halides is 3. The molecule has 3 amide bonds. The third-order valence-corrected chi connectivity index (χ3v) is 8.87. The van der Waals surface area contributed by atoms with E-state index in [2.05, 4.69) is 35.7 Å². The number of imidazole rings is 1. The van der Waals surface area contributed by atoms with E-state index < -0.39 is 27.1 Å². The van der Waals surface area contributed by atoms with E-state index in [-0.39, 0.29) is 36.9 Å². The van der Waals surface area contributed by atoms with Crippen molar-refractivity contribution >= 4 is 40.1 Å². The van der Waals surface area contributed by atoms with Gasteiger partial charge in [0, 0.05) is 0 Å². The minimum atomic E-state index is -4.44. The number of aromatic nitrogens is 5. The molecule has 16 heteroatoms. The zero-order valence-corrected chi connectivity index (χ0v) is 25.4. The Balaban J connectivity index is 1.70. The number of nitrogens with zero attached hydrogens (tertiary/aromatic N) is 6. The quantitative estimate of drug-likeness (QED) is 0.314. The molecule has 0 unspecified atom stereocenters. The van der Waals surface area contributed by atoms with Crippen molar-refractivity contribution in [2.75, 3.05) is 26.8 Å². The van der Waals surface area contributed by atoms with Gasteiger partial charge in [0.25, 0.3) is 0 Å². The molecule has 1 saturated heterocycles. The third-order valence-electron chi connectivity index (χ3n) is 7.06. The Morgan fingerprint density at radius 3 is 2.67 bits per heavy atom. The summed E-state index contributed by atoms with van der Waals surface area (Å²) >= 11 is 0.705. The summed E-state index contributed by atoms with van der Waals surface area (Å²) in [6.45, 7) is 5.16. The van der Waals surface area contributed by atoms with Crippen LogP contribution < -0.4 is 10.6 Å². The summed E-state index contributed by atoms with van der Waals surface area (Å²) in [7, 11) is 1.54. The summed E-state index contributed by atoms with van der Waals surface area (Å²) in [5, 5.41) is 17.4. The normalized spacial score (nSPS) is 17.0. The number of hydrogen-bond acceptors (Lipinski definition) is 8. The van der Waals surface area contributed by atoms with Crippen LogP contribution in [0.15, 0.2) is 23.1 Å². The molecule has 0 aromatic carbocycles. The molecule has 1 fully saturated rings. The number of halogens is 3. The molecule has 40 heavy (non-hydrogen) atoms. The summed E-state index contributed by atoms with van der Waals surface area (Å²) in [6.07, 6.45) is -0.792. The fraction of sp³-hybridized carbons (Fsp3) is 0.583. The Bertz CT molecular complexity index is 1380. The number of nitrogens with one attached hydrogen (secondary N) is 2. The van der Waals surface area contributed by atoms with E-state index in [0.717, 1.165) is 20.3 Å². The molecule has 3 aromatic rings. The van der Waals surface area contributed by atoms with Crippen LogP contribution in [0.5, 0.6) is 0 Å². The molecule has 0 spiro atoms. The van der Waals surface area contributed by atoms with Gasteiger partial charge in [0.15, 0.2) is 0 Å². The van der Waals surface area contributed by atoms with E-state index in [1.165, 1.54) is 4.52 Å². The second-order valence-electron chi connectivity index (χ2n) is 10.4. The standard InChI is InChI=1S/C24H30F3N8O4.Sn/c1-14-20(33-39-32-14)21(36)31-16(6-7-23(2,3)24(25,26)27)17-12-35-19(30-17)10-15(11-29-35)18(13-38-4)34-9-5-8-28-22(34)37;/h10-12,18H,5-9,13H2,1-4H3,(H,28,37)(H,31,36);/t18-;/m1./s1. The summed E-state index contributed by atoms with van der Waals surface area (Å²) < 4.78 is 51.3. The Hall–Kier alpha value is -2.95. The molecule has 2 N–H and O–H groups in total. The van der Waals surface area contributed by atoms with Gasteiger partial charge in [-0.05, 0) is 0 Å². The summed E-state index contributed by atoms with van der Waals surface area (Å²) in [5.41, 5.74) is -0.384. The number of fused-ring (bicyclic) bond motifs is 1. The first-order valence-corrected chi connectivity index (χ1v) is 14.0. The van der Waals surface area contributed by atoms with E-state index in [0.29, 0.717) is 52.5 Å². The van der Waals surface area contributed by atoms with Crippen molar-refractivity contribution in [3.05, 3.63) is 41.1 Å². The van der Waals surface area contributed by atoms with E-state index in [1.54, 1.807) is 37.4 Å². The number of methoxy groups -OCH3 is 1. The van der Waals surface area contributed by atoms with Crippen molar-refractivity contribution in [2.45, 2.75) is 55.8 Å². The van der Waals surface area contributed by atoms with E-state index in [1.807, 2.05) is 0 Å². The van der Waals surface area contributed by atoms with Crippen LogP contribution in [0.1, 0.15) is 66.6 Å². The predicted molar refractivity (Wildman–Crippen MR) is 135 cm³/mol. The third kappa shape index (κ3) is 6.19. The van der Waals surface area contributed by atoms with Gasteiger partial charge in [-0.3, -0.25) is 0 Å². The fourth-order valence-electron chi connectivity index (χ4n) is 4.34. The van der Waals surface area contributed by atoms with Crippen molar-refractivity contribution in [1.29, 1.82) is 0 Å². The molecule has 3 radical (unpaired) electrons. The molecule has 1 aliphatic heterocycles. The number of urea groups is 1. The molecule has 0 saturated carbocycles. The number of ether oxygens (including phenoxy) is 1. The predicted octanol–water partition coefficient (Wildman–Crippen LogP) is 2.64. The molecule has 4 rings (SSSR count). The topological polar surface area (TPSA) is 140 Å². The number of carbonyl (C=O) groups is 2. The van der Waals surface area contributed by atoms with Crippen molar-refractivity contribution < 1.29 is 32.1 Å². The number of rotatable bonds is 10. The number of aryl methyl sites for hydroxylation is 1. The van der Waals surface area contributed by atoms with Crippen LogP contribution in [-0.4, -0.2) is 97.3 Å². The van der Waals surface area contributed by atoms with Crippen molar-refractivity contribution in [3.63, 3.8) is 0 Å².